The van der Waals surface area contributed by atoms with Gasteiger partial charge in [0.15, 0.2) is 0 Å². The van der Waals surface area contributed by atoms with Crippen LogP contribution in [0.25, 0.3) is 0 Å². The Morgan fingerprint density at radius 3 is 2.38 bits per heavy atom. The second kappa shape index (κ2) is 3.93. The van der Waals surface area contributed by atoms with Gasteiger partial charge in [0.2, 0.25) is 0 Å². The summed E-state index contributed by atoms with van der Waals surface area (Å²) in [5, 5.41) is 0. The minimum Gasteiger partial charge on any atom is -0.327 e. The van der Waals surface area contributed by atoms with E-state index in [-0.39, 0.29) is 12.4 Å². The molecule has 0 heterocycles. The van der Waals surface area contributed by atoms with Gasteiger partial charge in [-0.15, -0.1) is 12.4 Å². The molecule has 1 aliphatic carbocycles. The lowest BCUT2D eigenvalue weighted by Gasteiger charge is -2.09. The highest BCUT2D eigenvalue weighted by atomic mass is 35.5. The van der Waals surface area contributed by atoms with Crippen LogP contribution >= 0.6 is 12.4 Å². The standard InChI is InChI=1S/C6H11N.ClH/c7-6-4-2-1-3-5-6;/h1-2,6H,3-5,7H2;1H/t6-;/m1./s1. The number of rotatable bonds is 0. The quantitative estimate of drug-likeness (QED) is 0.498. The molecule has 0 spiro atoms. The predicted octanol–water partition coefficient (Wildman–Crippen LogP) is 1.48. The van der Waals surface area contributed by atoms with Crippen molar-refractivity contribution >= 4 is 12.4 Å². The summed E-state index contributed by atoms with van der Waals surface area (Å²) < 4.78 is 0. The van der Waals surface area contributed by atoms with Crippen LogP contribution in [0.1, 0.15) is 19.3 Å². The topological polar surface area (TPSA) is 26.0 Å². The van der Waals surface area contributed by atoms with Gasteiger partial charge in [0.1, 0.15) is 0 Å². The smallest absolute Gasteiger partial charge is 0.00763 e. The van der Waals surface area contributed by atoms with Crippen LogP contribution in [-0.4, -0.2) is 6.04 Å². The molecule has 0 saturated heterocycles. The highest BCUT2D eigenvalue weighted by molar-refractivity contribution is 5.85. The van der Waals surface area contributed by atoms with Crippen LogP contribution in [-0.2, 0) is 0 Å². The van der Waals surface area contributed by atoms with Crippen LogP contribution in [0.4, 0.5) is 0 Å². The van der Waals surface area contributed by atoms with Gasteiger partial charge in [0.25, 0.3) is 0 Å². The molecule has 1 atom stereocenters. The third kappa shape index (κ3) is 2.34. The number of halogens is 1. The van der Waals surface area contributed by atoms with Crippen LogP contribution in [0.15, 0.2) is 12.2 Å². The lowest BCUT2D eigenvalue weighted by Crippen LogP contribution is -2.19. The summed E-state index contributed by atoms with van der Waals surface area (Å²) in [5.41, 5.74) is 5.58. The number of nitrogens with two attached hydrogens (primary N) is 1. The average Bonchev–Trinajstić information content (AvgIpc) is 1.69. The predicted molar refractivity (Wildman–Crippen MR) is 38.2 cm³/mol. The van der Waals surface area contributed by atoms with E-state index in [0.717, 1.165) is 6.42 Å². The van der Waals surface area contributed by atoms with Gasteiger partial charge in [0, 0.05) is 6.04 Å². The fraction of sp³-hybridized carbons (Fsp3) is 0.667. The van der Waals surface area contributed by atoms with Crippen molar-refractivity contribution in [3.63, 3.8) is 0 Å². The summed E-state index contributed by atoms with van der Waals surface area (Å²) in [5.74, 6) is 0. The first-order valence-electron chi connectivity index (χ1n) is 2.80. The van der Waals surface area contributed by atoms with E-state index in [1.807, 2.05) is 0 Å². The Hall–Kier alpha value is -0.0100. The Bertz CT molecular complexity index is 80.6. The SMILES string of the molecule is Cl.N[C@@H]1CC=CCC1. The largest absolute Gasteiger partial charge is 0.327 e. The minimum absolute atomic E-state index is 0. The highest BCUT2D eigenvalue weighted by Gasteiger charge is 2.00. The van der Waals surface area contributed by atoms with Crippen LogP contribution in [0.2, 0.25) is 0 Å². The van der Waals surface area contributed by atoms with E-state index >= 15 is 0 Å². The number of allylic oxidation sites excluding steroid dienone is 1. The van der Waals surface area contributed by atoms with E-state index in [1.54, 1.807) is 0 Å². The molecule has 0 bridgehead atoms. The zero-order valence-corrected chi connectivity index (χ0v) is 5.66. The van der Waals surface area contributed by atoms with Gasteiger partial charge in [-0.1, -0.05) is 12.2 Å². The molecular weight excluding hydrogens is 122 g/mol. The molecule has 0 saturated carbocycles. The van der Waals surface area contributed by atoms with E-state index in [4.69, 9.17) is 5.73 Å². The van der Waals surface area contributed by atoms with Gasteiger partial charge in [-0.2, -0.15) is 0 Å². The van der Waals surface area contributed by atoms with Gasteiger partial charge in [-0.25, -0.2) is 0 Å². The lowest BCUT2D eigenvalue weighted by atomic mass is 10.0. The zero-order valence-electron chi connectivity index (χ0n) is 4.84. The maximum Gasteiger partial charge on any atom is 0.00763 e. The van der Waals surface area contributed by atoms with E-state index in [0.29, 0.717) is 6.04 Å². The normalized spacial score (nSPS) is 26.9. The molecule has 48 valence electrons. The fourth-order valence-electron chi connectivity index (χ4n) is 0.817. The molecule has 0 unspecified atom stereocenters. The van der Waals surface area contributed by atoms with E-state index in [1.165, 1.54) is 12.8 Å². The third-order valence-corrected chi connectivity index (χ3v) is 1.31. The molecule has 1 nitrogen and oxygen atoms in total. The van der Waals surface area contributed by atoms with Crippen molar-refractivity contribution in [2.45, 2.75) is 25.3 Å². The molecule has 1 rings (SSSR count). The molecule has 8 heavy (non-hydrogen) atoms. The van der Waals surface area contributed by atoms with Crippen LogP contribution < -0.4 is 5.73 Å². The molecule has 0 fully saturated rings. The Labute approximate surface area is 56.4 Å². The first-order chi connectivity index (χ1) is 3.39. The van der Waals surface area contributed by atoms with Crippen molar-refractivity contribution in [3.8, 4) is 0 Å². The van der Waals surface area contributed by atoms with Crippen LogP contribution in [0.5, 0.6) is 0 Å². The highest BCUT2D eigenvalue weighted by Crippen LogP contribution is 2.06. The van der Waals surface area contributed by atoms with Gasteiger partial charge in [-0.3, -0.25) is 0 Å². The Kier molecular flexibility index (Phi) is 3.92. The molecule has 0 radical (unpaired) electrons. The number of hydrogen-bond acceptors (Lipinski definition) is 1. The minimum atomic E-state index is 0. The number of hydrogen-bond donors (Lipinski definition) is 1. The van der Waals surface area contributed by atoms with Crippen molar-refractivity contribution < 1.29 is 0 Å². The van der Waals surface area contributed by atoms with Gasteiger partial charge >= 0.3 is 0 Å². The summed E-state index contributed by atoms with van der Waals surface area (Å²) in [6.07, 6.45) is 7.80. The second-order valence-electron chi connectivity index (χ2n) is 2.04. The monoisotopic (exact) mass is 133 g/mol. The van der Waals surface area contributed by atoms with Crippen molar-refractivity contribution in [1.82, 2.24) is 0 Å². The molecule has 2 N–H and O–H groups in total. The van der Waals surface area contributed by atoms with Gasteiger partial charge in [-0.05, 0) is 19.3 Å². The lowest BCUT2D eigenvalue weighted by molar-refractivity contribution is 0.606. The summed E-state index contributed by atoms with van der Waals surface area (Å²) >= 11 is 0. The molecule has 0 aromatic heterocycles. The van der Waals surface area contributed by atoms with Crippen molar-refractivity contribution in [2.24, 2.45) is 5.73 Å². The van der Waals surface area contributed by atoms with E-state index in [2.05, 4.69) is 12.2 Å². The summed E-state index contributed by atoms with van der Waals surface area (Å²) in [6, 6.07) is 0.449. The second-order valence-corrected chi connectivity index (χ2v) is 2.04. The van der Waals surface area contributed by atoms with Gasteiger partial charge < -0.3 is 5.73 Å². The molecule has 0 aromatic carbocycles. The molecule has 1 aliphatic rings. The average molecular weight is 134 g/mol. The van der Waals surface area contributed by atoms with Crippen LogP contribution in [0.3, 0.4) is 0 Å². The first kappa shape index (κ1) is 7.99. The van der Waals surface area contributed by atoms with E-state index < -0.39 is 0 Å². The van der Waals surface area contributed by atoms with Gasteiger partial charge in [0.05, 0.1) is 0 Å². The third-order valence-electron chi connectivity index (χ3n) is 1.31. The molecule has 0 aromatic rings. The summed E-state index contributed by atoms with van der Waals surface area (Å²) in [7, 11) is 0. The van der Waals surface area contributed by atoms with Crippen molar-refractivity contribution in [2.75, 3.05) is 0 Å². The maximum atomic E-state index is 5.58. The molecular formula is C6H12ClN. The van der Waals surface area contributed by atoms with Crippen molar-refractivity contribution in [3.05, 3.63) is 12.2 Å². The molecule has 0 aliphatic heterocycles. The fourth-order valence-corrected chi connectivity index (χ4v) is 0.817. The zero-order chi connectivity index (χ0) is 5.11. The summed E-state index contributed by atoms with van der Waals surface area (Å²) in [4.78, 5) is 0. The van der Waals surface area contributed by atoms with Crippen molar-refractivity contribution in [1.29, 1.82) is 0 Å². The summed E-state index contributed by atoms with van der Waals surface area (Å²) in [6.45, 7) is 0. The Morgan fingerprint density at radius 1 is 1.38 bits per heavy atom. The molecule has 0 amide bonds. The maximum absolute atomic E-state index is 5.58. The van der Waals surface area contributed by atoms with Crippen LogP contribution in [0, 0.1) is 0 Å². The van der Waals surface area contributed by atoms with E-state index in [9.17, 15) is 0 Å². The first-order valence-corrected chi connectivity index (χ1v) is 2.80. The molecule has 2 heteroatoms. The Morgan fingerprint density at radius 2 is 2.12 bits per heavy atom. The Balaban J connectivity index is 0.000000490.